The van der Waals surface area contributed by atoms with E-state index >= 15 is 0 Å². The lowest BCUT2D eigenvalue weighted by molar-refractivity contribution is 0.673. The van der Waals surface area contributed by atoms with Crippen LogP contribution in [-0.2, 0) is 0 Å². The molecule has 0 spiro atoms. The standard InChI is InChI=1S/C58H37N3O/c1-6-18-39(19-7-1)59(40-20-8-2-9-21-40)44-29-31-46-50-35-38-17-16-28-48-54(38)57-49(33-34-51(56(50)57)61(52(46)36-44)43-26-14-5-15-27-43)58-55(48)47-32-30-45(37-53(47)62-58)60(41-22-10-3-11-23-41)42-24-12-4-13-25-42/h1-37H. The summed E-state index contributed by atoms with van der Waals surface area (Å²) in [5, 5.41) is 9.55. The smallest absolute Gasteiger partial charge is 0.143 e. The van der Waals surface area contributed by atoms with Gasteiger partial charge < -0.3 is 19.1 Å². The van der Waals surface area contributed by atoms with Crippen LogP contribution >= 0.6 is 0 Å². The van der Waals surface area contributed by atoms with Crippen molar-refractivity contribution < 1.29 is 4.42 Å². The number of hydrogen-bond donors (Lipinski definition) is 0. The fourth-order valence-electron chi connectivity index (χ4n) is 10.1. The van der Waals surface area contributed by atoms with Crippen molar-refractivity contribution in [3.8, 4) is 11.1 Å². The molecule has 0 saturated carbocycles. The highest BCUT2D eigenvalue weighted by Crippen LogP contribution is 2.57. The van der Waals surface area contributed by atoms with Gasteiger partial charge in [-0.15, -0.1) is 0 Å². The monoisotopic (exact) mass is 791 g/mol. The highest BCUT2D eigenvalue weighted by molar-refractivity contribution is 6.40. The van der Waals surface area contributed by atoms with E-state index in [0.29, 0.717) is 0 Å². The van der Waals surface area contributed by atoms with Crippen molar-refractivity contribution in [3.05, 3.63) is 224 Å². The number of anilines is 9. The molecule has 0 saturated heterocycles. The summed E-state index contributed by atoms with van der Waals surface area (Å²) >= 11 is 0. The average Bonchev–Trinajstić information content (AvgIpc) is 3.73. The molecule has 1 aromatic heterocycles. The first-order chi connectivity index (χ1) is 30.8. The van der Waals surface area contributed by atoms with Gasteiger partial charge in [0.1, 0.15) is 11.2 Å². The molecule has 0 aliphatic carbocycles. The lowest BCUT2D eigenvalue weighted by Gasteiger charge is -2.36. The van der Waals surface area contributed by atoms with Gasteiger partial charge in [0.2, 0.25) is 0 Å². The van der Waals surface area contributed by atoms with Gasteiger partial charge in [-0.05, 0) is 125 Å². The van der Waals surface area contributed by atoms with Crippen molar-refractivity contribution in [2.24, 2.45) is 0 Å². The van der Waals surface area contributed by atoms with E-state index in [9.17, 15) is 0 Å². The summed E-state index contributed by atoms with van der Waals surface area (Å²) in [6, 6.07) is 80.6. The number of nitrogens with zero attached hydrogens (tertiary/aromatic N) is 3. The predicted octanol–water partition coefficient (Wildman–Crippen LogP) is 16.9. The molecular weight excluding hydrogens is 755 g/mol. The van der Waals surface area contributed by atoms with Gasteiger partial charge in [-0.2, -0.15) is 0 Å². The molecule has 2 heterocycles. The summed E-state index contributed by atoms with van der Waals surface area (Å²) < 4.78 is 7.12. The van der Waals surface area contributed by atoms with Crippen LogP contribution in [0.15, 0.2) is 229 Å². The van der Waals surface area contributed by atoms with Crippen molar-refractivity contribution in [1.82, 2.24) is 0 Å². The fraction of sp³-hybridized carbons (Fsp3) is 0. The molecule has 0 bridgehead atoms. The summed E-state index contributed by atoms with van der Waals surface area (Å²) in [6.07, 6.45) is 0. The molecule has 62 heavy (non-hydrogen) atoms. The zero-order chi connectivity index (χ0) is 40.7. The number of furan rings is 1. The maximum absolute atomic E-state index is 7.12. The summed E-state index contributed by atoms with van der Waals surface area (Å²) in [4.78, 5) is 7.09. The van der Waals surface area contributed by atoms with Gasteiger partial charge in [-0.25, -0.2) is 0 Å². The number of fused-ring (bicyclic) bond motifs is 7. The van der Waals surface area contributed by atoms with Crippen LogP contribution in [0.3, 0.4) is 0 Å². The minimum Gasteiger partial charge on any atom is -0.455 e. The molecule has 11 aromatic carbocycles. The Bertz CT molecular complexity index is 3550. The minimum atomic E-state index is 0.865. The molecule has 1 aliphatic heterocycles. The Balaban J connectivity index is 1.07. The van der Waals surface area contributed by atoms with Gasteiger partial charge in [-0.1, -0.05) is 115 Å². The van der Waals surface area contributed by atoms with Crippen molar-refractivity contribution in [2.75, 3.05) is 14.7 Å². The van der Waals surface area contributed by atoms with Crippen molar-refractivity contribution in [1.29, 1.82) is 0 Å². The Morgan fingerprint density at radius 3 is 1.48 bits per heavy atom. The average molecular weight is 792 g/mol. The normalized spacial score (nSPS) is 12.2. The van der Waals surface area contributed by atoms with E-state index in [0.717, 1.165) is 78.5 Å². The third kappa shape index (κ3) is 5.14. The van der Waals surface area contributed by atoms with Gasteiger partial charge in [0, 0.05) is 78.4 Å². The van der Waals surface area contributed by atoms with Crippen LogP contribution in [-0.4, -0.2) is 0 Å². The summed E-state index contributed by atoms with van der Waals surface area (Å²) in [5.74, 6) is 0. The Kier molecular flexibility index (Phi) is 7.57. The quantitative estimate of drug-likeness (QED) is 0.150. The molecule has 4 nitrogen and oxygen atoms in total. The van der Waals surface area contributed by atoms with E-state index in [1.165, 1.54) is 38.1 Å². The van der Waals surface area contributed by atoms with Crippen molar-refractivity contribution >= 4 is 105 Å². The topological polar surface area (TPSA) is 22.9 Å². The second kappa shape index (κ2) is 13.6. The Morgan fingerprint density at radius 1 is 0.323 bits per heavy atom. The highest BCUT2D eigenvalue weighted by Gasteiger charge is 2.31. The number of hydrogen-bond acceptors (Lipinski definition) is 4. The molecular formula is C58H37N3O. The van der Waals surface area contributed by atoms with Crippen molar-refractivity contribution in [3.63, 3.8) is 0 Å². The summed E-state index contributed by atoms with van der Waals surface area (Å²) in [7, 11) is 0. The van der Waals surface area contributed by atoms with Crippen molar-refractivity contribution in [2.45, 2.75) is 0 Å². The van der Waals surface area contributed by atoms with E-state index in [1.807, 2.05) is 0 Å². The number of rotatable bonds is 7. The van der Waals surface area contributed by atoms with Gasteiger partial charge in [0.15, 0.2) is 0 Å². The Morgan fingerprint density at radius 2 is 0.871 bits per heavy atom. The first kappa shape index (κ1) is 34.5. The highest BCUT2D eigenvalue weighted by atomic mass is 16.3. The Hall–Kier alpha value is -8.34. The fourth-order valence-corrected chi connectivity index (χ4v) is 10.1. The van der Waals surface area contributed by atoms with E-state index in [2.05, 4.69) is 239 Å². The number of benzene rings is 11. The van der Waals surface area contributed by atoms with Crippen LogP contribution in [0.25, 0.3) is 65.4 Å². The molecule has 12 aromatic rings. The first-order valence-electron chi connectivity index (χ1n) is 21.2. The molecule has 1 aliphatic rings. The van der Waals surface area contributed by atoms with Crippen LogP contribution in [0.2, 0.25) is 0 Å². The van der Waals surface area contributed by atoms with Crippen LogP contribution < -0.4 is 14.7 Å². The van der Waals surface area contributed by atoms with Gasteiger partial charge in [0.05, 0.1) is 11.4 Å². The van der Waals surface area contributed by atoms with E-state index < -0.39 is 0 Å². The molecule has 0 amide bonds. The second-order valence-electron chi connectivity index (χ2n) is 16.1. The molecule has 4 heteroatoms. The summed E-state index contributed by atoms with van der Waals surface area (Å²) in [6.45, 7) is 0. The third-order valence-corrected chi connectivity index (χ3v) is 12.6. The number of para-hydroxylation sites is 5. The van der Waals surface area contributed by atoms with Crippen LogP contribution in [0.1, 0.15) is 0 Å². The lowest BCUT2D eigenvalue weighted by atomic mass is 9.83. The van der Waals surface area contributed by atoms with E-state index in [-0.39, 0.29) is 0 Å². The van der Waals surface area contributed by atoms with Gasteiger partial charge in [-0.3, -0.25) is 0 Å². The van der Waals surface area contributed by atoms with Crippen LogP contribution in [0, 0.1) is 0 Å². The molecule has 0 fully saturated rings. The molecule has 290 valence electrons. The SMILES string of the molecule is c1ccc(N(c2ccccc2)c2ccc3c(c2)N(c2ccccc2)c2ccc4c5oc6cc(N(c7ccccc7)c7ccccc7)ccc6c5c5cccc6cc-3c2c4c65)cc1. The van der Waals surface area contributed by atoms with Gasteiger partial charge in [0.25, 0.3) is 0 Å². The zero-order valence-corrected chi connectivity index (χ0v) is 33.6. The first-order valence-corrected chi connectivity index (χ1v) is 21.2. The predicted molar refractivity (Wildman–Crippen MR) is 260 cm³/mol. The largest absolute Gasteiger partial charge is 0.455 e. The molecule has 13 rings (SSSR count). The maximum Gasteiger partial charge on any atom is 0.143 e. The molecule has 0 N–H and O–H groups in total. The molecule has 0 unspecified atom stereocenters. The maximum atomic E-state index is 7.12. The Labute approximate surface area is 358 Å². The summed E-state index contributed by atoms with van der Waals surface area (Å²) in [5.41, 5.74) is 14.1. The molecule has 0 radical (unpaired) electrons. The van der Waals surface area contributed by atoms with E-state index in [4.69, 9.17) is 4.42 Å². The van der Waals surface area contributed by atoms with Crippen LogP contribution in [0.4, 0.5) is 51.2 Å². The van der Waals surface area contributed by atoms with E-state index in [1.54, 1.807) is 0 Å². The second-order valence-corrected chi connectivity index (χ2v) is 16.1. The zero-order valence-electron chi connectivity index (χ0n) is 33.6. The lowest BCUT2D eigenvalue weighted by Crippen LogP contribution is -2.17. The van der Waals surface area contributed by atoms with Crippen LogP contribution in [0.5, 0.6) is 0 Å². The van der Waals surface area contributed by atoms with Gasteiger partial charge >= 0.3 is 0 Å². The molecule has 0 atom stereocenters. The third-order valence-electron chi connectivity index (χ3n) is 12.6. The minimum absolute atomic E-state index is 0.865.